The van der Waals surface area contributed by atoms with Crippen LogP contribution in [0.25, 0.3) is 0 Å². The monoisotopic (exact) mass is 298 g/mol. The molecule has 20 heavy (non-hydrogen) atoms. The highest BCUT2D eigenvalue weighted by molar-refractivity contribution is 7.89. The van der Waals surface area contributed by atoms with E-state index in [4.69, 9.17) is 9.88 Å². The minimum atomic E-state index is -3.73. The standard InChI is InChI=1S/C13H18N2O4S/c1-9-8-10(5-6-12(9)20(14,17)18)19-11-4-2-3-7-15-13(11)16/h5-6,8,11H,2-4,7H2,1H3,(H,15,16)(H2,14,17,18). The van der Waals surface area contributed by atoms with Crippen molar-refractivity contribution in [1.82, 2.24) is 5.32 Å². The molecule has 1 aromatic rings. The maximum atomic E-state index is 11.8. The van der Waals surface area contributed by atoms with E-state index in [2.05, 4.69) is 5.32 Å². The first-order chi connectivity index (χ1) is 9.38. The number of ether oxygens (including phenoxy) is 1. The number of nitrogens with one attached hydrogen (secondary N) is 1. The van der Waals surface area contributed by atoms with E-state index in [0.717, 1.165) is 12.8 Å². The number of benzene rings is 1. The van der Waals surface area contributed by atoms with Gasteiger partial charge in [0.05, 0.1) is 4.90 Å². The third-order valence-electron chi connectivity index (χ3n) is 3.22. The van der Waals surface area contributed by atoms with Crippen molar-refractivity contribution in [3.05, 3.63) is 23.8 Å². The van der Waals surface area contributed by atoms with Gasteiger partial charge in [-0.15, -0.1) is 0 Å². The third-order valence-corrected chi connectivity index (χ3v) is 4.29. The molecule has 1 fully saturated rings. The van der Waals surface area contributed by atoms with Crippen LogP contribution in [-0.2, 0) is 14.8 Å². The fourth-order valence-corrected chi connectivity index (χ4v) is 2.97. The number of carbonyl (C=O) groups excluding carboxylic acids is 1. The summed E-state index contributed by atoms with van der Waals surface area (Å²) in [6.45, 7) is 2.31. The summed E-state index contributed by atoms with van der Waals surface area (Å²) in [6, 6.07) is 4.50. The van der Waals surface area contributed by atoms with E-state index in [1.165, 1.54) is 12.1 Å². The number of nitrogens with two attached hydrogens (primary N) is 1. The average molecular weight is 298 g/mol. The minimum Gasteiger partial charge on any atom is -0.481 e. The number of carbonyl (C=O) groups is 1. The molecule has 0 radical (unpaired) electrons. The Labute approximate surface area is 118 Å². The number of primary sulfonamides is 1. The molecule has 7 heteroatoms. The fourth-order valence-electron chi connectivity index (χ4n) is 2.20. The number of hydrogen-bond acceptors (Lipinski definition) is 4. The van der Waals surface area contributed by atoms with Crippen molar-refractivity contribution in [2.45, 2.75) is 37.2 Å². The SMILES string of the molecule is Cc1cc(OC2CCCCNC2=O)ccc1S(N)(=O)=O. The van der Waals surface area contributed by atoms with Gasteiger partial charge in [-0.3, -0.25) is 4.79 Å². The molecular weight excluding hydrogens is 280 g/mol. The number of hydrogen-bond donors (Lipinski definition) is 2. The van der Waals surface area contributed by atoms with E-state index < -0.39 is 16.1 Å². The Morgan fingerprint density at radius 3 is 2.75 bits per heavy atom. The van der Waals surface area contributed by atoms with Crippen LogP contribution in [-0.4, -0.2) is 27.0 Å². The largest absolute Gasteiger partial charge is 0.481 e. The number of amides is 1. The zero-order valence-electron chi connectivity index (χ0n) is 11.3. The second kappa shape index (κ2) is 5.80. The quantitative estimate of drug-likeness (QED) is 0.857. The molecule has 0 aliphatic carbocycles. The first-order valence-corrected chi connectivity index (χ1v) is 8.00. The molecular formula is C13H18N2O4S. The molecule has 1 saturated heterocycles. The van der Waals surface area contributed by atoms with Gasteiger partial charge in [0.25, 0.3) is 5.91 Å². The highest BCUT2D eigenvalue weighted by Gasteiger charge is 2.22. The van der Waals surface area contributed by atoms with Gasteiger partial charge in [0, 0.05) is 6.54 Å². The van der Waals surface area contributed by atoms with Crippen molar-refractivity contribution in [2.75, 3.05) is 6.54 Å². The smallest absolute Gasteiger partial charge is 0.261 e. The Morgan fingerprint density at radius 1 is 1.35 bits per heavy atom. The maximum absolute atomic E-state index is 11.8. The van der Waals surface area contributed by atoms with E-state index >= 15 is 0 Å². The molecule has 1 unspecified atom stereocenters. The van der Waals surface area contributed by atoms with Gasteiger partial charge in [0.15, 0.2) is 6.10 Å². The van der Waals surface area contributed by atoms with Crippen molar-refractivity contribution >= 4 is 15.9 Å². The van der Waals surface area contributed by atoms with E-state index in [1.807, 2.05) is 0 Å². The van der Waals surface area contributed by atoms with Crippen molar-refractivity contribution in [3.63, 3.8) is 0 Å². The molecule has 2 rings (SSSR count). The maximum Gasteiger partial charge on any atom is 0.261 e. The van der Waals surface area contributed by atoms with Crippen molar-refractivity contribution in [1.29, 1.82) is 0 Å². The van der Waals surface area contributed by atoms with E-state index in [-0.39, 0.29) is 10.8 Å². The van der Waals surface area contributed by atoms with Gasteiger partial charge in [0.2, 0.25) is 10.0 Å². The van der Waals surface area contributed by atoms with Crippen LogP contribution in [0.15, 0.2) is 23.1 Å². The highest BCUT2D eigenvalue weighted by Crippen LogP contribution is 2.22. The molecule has 1 aliphatic rings. The molecule has 0 spiro atoms. The summed E-state index contributed by atoms with van der Waals surface area (Å²) in [4.78, 5) is 11.8. The molecule has 1 heterocycles. The molecule has 0 bridgehead atoms. The number of aryl methyl sites for hydroxylation is 1. The van der Waals surface area contributed by atoms with Crippen molar-refractivity contribution in [3.8, 4) is 5.75 Å². The van der Waals surface area contributed by atoms with Crippen LogP contribution in [0.3, 0.4) is 0 Å². The second-order valence-corrected chi connectivity index (χ2v) is 6.40. The topological polar surface area (TPSA) is 98.5 Å². The molecule has 1 aliphatic heterocycles. The van der Waals surface area contributed by atoms with Crippen LogP contribution in [0.1, 0.15) is 24.8 Å². The lowest BCUT2D eigenvalue weighted by Gasteiger charge is -2.16. The van der Waals surface area contributed by atoms with Gasteiger partial charge in [-0.05, 0) is 49.9 Å². The summed E-state index contributed by atoms with van der Waals surface area (Å²) in [7, 11) is -3.73. The Morgan fingerprint density at radius 2 is 2.10 bits per heavy atom. The Bertz CT molecular complexity index is 613. The second-order valence-electron chi connectivity index (χ2n) is 4.87. The highest BCUT2D eigenvalue weighted by atomic mass is 32.2. The third kappa shape index (κ3) is 3.49. The molecule has 110 valence electrons. The van der Waals surface area contributed by atoms with Crippen LogP contribution in [0.2, 0.25) is 0 Å². The molecule has 0 saturated carbocycles. The summed E-state index contributed by atoms with van der Waals surface area (Å²) in [5.41, 5.74) is 0.499. The van der Waals surface area contributed by atoms with Gasteiger partial charge in [-0.25, -0.2) is 13.6 Å². The first kappa shape index (κ1) is 14.8. The lowest BCUT2D eigenvalue weighted by Crippen LogP contribution is -2.36. The van der Waals surface area contributed by atoms with E-state index in [9.17, 15) is 13.2 Å². The predicted molar refractivity (Wildman–Crippen MR) is 73.8 cm³/mol. The zero-order chi connectivity index (χ0) is 14.8. The van der Waals surface area contributed by atoms with Gasteiger partial charge >= 0.3 is 0 Å². The fraction of sp³-hybridized carbons (Fsp3) is 0.462. The molecule has 6 nitrogen and oxygen atoms in total. The summed E-state index contributed by atoms with van der Waals surface area (Å²) in [5, 5.41) is 7.89. The van der Waals surface area contributed by atoms with Crippen LogP contribution in [0, 0.1) is 6.92 Å². The molecule has 3 N–H and O–H groups in total. The lowest BCUT2D eigenvalue weighted by atomic mass is 10.1. The summed E-state index contributed by atoms with van der Waals surface area (Å²) in [6.07, 6.45) is 1.98. The van der Waals surface area contributed by atoms with Crippen LogP contribution >= 0.6 is 0 Å². The first-order valence-electron chi connectivity index (χ1n) is 6.46. The Hall–Kier alpha value is -1.60. The summed E-state index contributed by atoms with van der Waals surface area (Å²) >= 11 is 0. The van der Waals surface area contributed by atoms with Crippen LogP contribution < -0.4 is 15.2 Å². The molecule has 1 atom stereocenters. The average Bonchev–Trinajstić information content (AvgIpc) is 2.53. The number of rotatable bonds is 3. The van der Waals surface area contributed by atoms with Gasteiger partial charge in [0.1, 0.15) is 5.75 Å². The summed E-state index contributed by atoms with van der Waals surface area (Å²) < 4.78 is 28.3. The van der Waals surface area contributed by atoms with E-state index in [1.54, 1.807) is 13.0 Å². The minimum absolute atomic E-state index is 0.0650. The van der Waals surface area contributed by atoms with Crippen LogP contribution in [0.5, 0.6) is 5.75 Å². The van der Waals surface area contributed by atoms with E-state index in [0.29, 0.717) is 24.3 Å². The van der Waals surface area contributed by atoms with Gasteiger partial charge in [-0.1, -0.05) is 0 Å². The number of sulfonamides is 1. The van der Waals surface area contributed by atoms with Crippen LogP contribution in [0.4, 0.5) is 0 Å². The zero-order valence-corrected chi connectivity index (χ0v) is 12.1. The van der Waals surface area contributed by atoms with Gasteiger partial charge < -0.3 is 10.1 Å². The predicted octanol–water partition coefficient (Wildman–Crippen LogP) is 0.690. The van der Waals surface area contributed by atoms with Crippen molar-refractivity contribution < 1.29 is 17.9 Å². The Balaban J connectivity index is 2.18. The van der Waals surface area contributed by atoms with Gasteiger partial charge in [-0.2, -0.15) is 0 Å². The molecule has 1 amide bonds. The normalized spacial score (nSPS) is 20.1. The summed E-state index contributed by atoms with van der Waals surface area (Å²) in [5.74, 6) is 0.340. The lowest BCUT2D eigenvalue weighted by molar-refractivity contribution is -0.127. The molecule has 1 aromatic carbocycles. The molecule has 0 aromatic heterocycles. The Kier molecular flexibility index (Phi) is 4.29. The van der Waals surface area contributed by atoms with Crippen molar-refractivity contribution in [2.24, 2.45) is 5.14 Å².